The molecule has 10 aromatic rings. The summed E-state index contributed by atoms with van der Waals surface area (Å²) in [5.74, 6) is 1.42. The summed E-state index contributed by atoms with van der Waals surface area (Å²) in [6, 6.07) is 64.5. The van der Waals surface area contributed by atoms with Crippen LogP contribution in [0.5, 0.6) is 0 Å². The number of rotatable bonds is 5. The smallest absolute Gasteiger partial charge is 0.159 e. The average Bonchev–Trinajstić information content (AvgIpc) is 3.96. The second kappa shape index (κ2) is 12.5. The van der Waals surface area contributed by atoms with Gasteiger partial charge in [0.25, 0.3) is 0 Å². The van der Waals surface area contributed by atoms with Crippen LogP contribution < -0.4 is 5.32 Å². The van der Waals surface area contributed by atoms with Crippen LogP contribution in [0.2, 0.25) is 0 Å². The number of para-hydroxylation sites is 4. The van der Waals surface area contributed by atoms with Crippen LogP contribution in [0.3, 0.4) is 0 Å². The van der Waals surface area contributed by atoms with Gasteiger partial charge in [-0.25, -0.2) is 9.98 Å². The van der Waals surface area contributed by atoms with E-state index in [1.807, 2.05) is 36.4 Å². The van der Waals surface area contributed by atoms with Gasteiger partial charge in [0.05, 0.1) is 16.6 Å². The Bertz CT molecular complexity index is 3240. The van der Waals surface area contributed by atoms with Gasteiger partial charge in [-0.1, -0.05) is 152 Å². The lowest BCUT2D eigenvalue weighted by Gasteiger charge is -2.23. The Balaban J connectivity index is 0.968. The molecule has 0 radical (unpaired) electrons. The van der Waals surface area contributed by atoms with Crippen molar-refractivity contribution in [3.63, 3.8) is 0 Å². The van der Waals surface area contributed by atoms with Crippen LogP contribution in [0, 0.1) is 0 Å². The summed E-state index contributed by atoms with van der Waals surface area (Å²) in [7, 11) is 0. The fourth-order valence-corrected chi connectivity index (χ4v) is 9.13. The molecule has 3 heterocycles. The first-order valence-corrected chi connectivity index (χ1v) is 19.5. The minimum Gasteiger partial charge on any atom is -0.455 e. The molecule has 2 aromatic heterocycles. The summed E-state index contributed by atoms with van der Waals surface area (Å²) in [6.07, 6.45) is 0.546. The number of nitrogens with one attached hydrogen (secondary N) is 1. The van der Waals surface area contributed by atoms with Gasteiger partial charge in [0.15, 0.2) is 5.84 Å². The SMILES string of the molecule is c1ccc(C2=NC(c3ccccc3)NC(c3cccc4c3oc3c(-c5cccc6c5Cc5cc(-n7c8ccccc8c8ccccc87)ccc5-6)cccc34)=N2)cc1. The van der Waals surface area contributed by atoms with Crippen molar-refractivity contribution in [1.29, 1.82) is 0 Å². The predicted molar refractivity (Wildman–Crippen MR) is 234 cm³/mol. The number of fused-ring (bicyclic) bond motifs is 9. The van der Waals surface area contributed by atoms with Gasteiger partial charge in [0.2, 0.25) is 0 Å². The summed E-state index contributed by atoms with van der Waals surface area (Å²) < 4.78 is 9.43. The lowest BCUT2D eigenvalue weighted by atomic mass is 9.94. The molecule has 0 amide bonds. The van der Waals surface area contributed by atoms with Crippen molar-refractivity contribution < 1.29 is 4.42 Å². The van der Waals surface area contributed by atoms with Crippen molar-refractivity contribution in [2.75, 3.05) is 0 Å². The van der Waals surface area contributed by atoms with Gasteiger partial charge in [-0.15, -0.1) is 0 Å². The van der Waals surface area contributed by atoms with Crippen molar-refractivity contribution >= 4 is 55.4 Å². The largest absolute Gasteiger partial charge is 0.455 e. The molecule has 5 heteroatoms. The highest BCUT2D eigenvalue weighted by molar-refractivity contribution is 6.20. The van der Waals surface area contributed by atoms with Crippen LogP contribution in [-0.2, 0) is 6.42 Å². The summed E-state index contributed by atoms with van der Waals surface area (Å²) >= 11 is 0. The Labute approximate surface area is 328 Å². The van der Waals surface area contributed by atoms with E-state index in [-0.39, 0.29) is 6.17 Å². The highest BCUT2D eigenvalue weighted by Gasteiger charge is 2.27. The molecule has 0 spiro atoms. The minimum atomic E-state index is -0.298. The van der Waals surface area contributed by atoms with E-state index in [0.29, 0.717) is 5.84 Å². The molecule has 0 fully saturated rings. The zero-order chi connectivity index (χ0) is 37.5. The highest BCUT2D eigenvalue weighted by Crippen LogP contribution is 2.46. The first-order chi connectivity index (χ1) is 28.3. The highest BCUT2D eigenvalue weighted by atomic mass is 16.3. The van der Waals surface area contributed by atoms with Crippen molar-refractivity contribution in [3.05, 3.63) is 210 Å². The maximum atomic E-state index is 7.03. The molecule has 0 saturated heterocycles. The van der Waals surface area contributed by atoms with E-state index in [4.69, 9.17) is 14.4 Å². The van der Waals surface area contributed by atoms with Crippen LogP contribution >= 0.6 is 0 Å². The molecule has 57 heavy (non-hydrogen) atoms. The van der Waals surface area contributed by atoms with E-state index >= 15 is 0 Å². The topological polar surface area (TPSA) is 54.8 Å². The number of hydrogen-bond donors (Lipinski definition) is 1. The molecule has 1 aliphatic heterocycles. The lowest BCUT2D eigenvalue weighted by molar-refractivity contribution is 0.660. The molecule has 1 unspecified atom stereocenters. The van der Waals surface area contributed by atoms with Gasteiger partial charge in [0.1, 0.15) is 23.2 Å². The molecular weight excluding hydrogens is 697 g/mol. The monoisotopic (exact) mass is 730 g/mol. The Morgan fingerprint density at radius 1 is 0.509 bits per heavy atom. The molecule has 8 aromatic carbocycles. The first-order valence-electron chi connectivity index (χ1n) is 19.5. The van der Waals surface area contributed by atoms with E-state index in [1.54, 1.807) is 0 Å². The molecule has 0 saturated carbocycles. The number of amidine groups is 2. The zero-order valence-corrected chi connectivity index (χ0v) is 30.9. The number of aliphatic imine (C=N–C) groups is 2. The Kier molecular flexibility index (Phi) is 6.99. The summed E-state index contributed by atoms with van der Waals surface area (Å²) in [6.45, 7) is 0. The fourth-order valence-electron chi connectivity index (χ4n) is 9.13. The summed E-state index contributed by atoms with van der Waals surface area (Å²) in [5.41, 5.74) is 15.8. The van der Waals surface area contributed by atoms with Gasteiger partial charge >= 0.3 is 0 Å². The number of furan rings is 1. The van der Waals surface area contributed by atoms with Gasteiger partial charge in [-0.3, -0.25) is 0 Å². The van der Waals surface area contributed by atoms with E-state index in [9.17, 15) is 0 Å². The maximum absolute atomic E-state index is 7.03. The maximum Gasteiger partial charge on any atom is 0.159 e. The number of aromatic nitrogens is 1. The van der Waals surface area contributed by atoms with Crippen molar-refractivity contribution in [2.24, 2.45) is 9.98 Å². The molecule has 1 aliphatic carbocycles. The summed E-state index contributed by atoms with van der Waals surface area (Å²) in [4.78, 5) is 10.2. The normalized spacial score (nSPS) is 14.8. The van der Waals surface area contributed by atoms with E-state index in [2.05, 4.69) is 155 Å². The first kappa shape index (κ1) is 31.8. The van der Waals surface area contributed by atoms with Crippen LogP contribution in [0.25, 0.3) is 71.7 Å². The third-order valence-corrected chi connectivity index (χ3v) is 11.7. The van der Waals surface area contributed by atoms with Crippen molar-refractivity contribution in [2.45, 2.75) is 12.6 Å². The van der Waals surface area contributed by atoms with Gasteiger partial charge in [0, 0.05) is 38.4 Å². The zero-order valence-electron chi connectivity index (χ0n) is 30.9. The second-order valence-corrected chi connectivity index (χ2v) is 14.9. The Hall–Kier alpha value is -7.50. The third kappa shape index (κ3) is 4.95. The van der Waals surface area contributed by atoms with E-state index in [0.717, 1.165) is 56.4 Å². The van der Waals surface area contributed by atoms with Gasteiger partial charge in [-0.05, 0) is 70.1 Å². The molecule has 0 bridgehead atoms. The third-order valence-electron chi connectivity index (χ3n) is 11.7. The Morgan fingerprint density at radius 3 is 1.82 bits per heavy atom. The van der Waals surface area contributed by atoms with Gasteiger partial charge in [-0.2, -0.15) is 0 Å². The standard InChI is InChI=1S/C52H34N4O/c1-3-14-32(15-4-1)50-53-51(33-16-5-2-6-17-33)55-52(54-50)44-25-13-24-43-42-23-12-22-41(48(42)57-49(43)44)38-21-11-20-37-36-29-28-35(30-34(36)31-45(37)38)56-46-26-9-7-18-39(46)40-19-8-10-27-47(40)56/h1-30,50H,31H2,(H,53,54,55). The van der Waals surface area contributed by atoms with Crippen LogP contribution in [0.15, 0.2) is 196 Å². The quantitative estimate of drug-likeness (QED) is 0.192. The van der Waals surface area contributed by atoms with Crippen LogP contribution in [0.4, 0.5) is 0 Å². The van der Waals surface area contributed by atoms with Crippen LogP contribution in [-0.4, -0.2) is 16.2 Å². The molecule has 1 atom stereocenters. The minimum absolute atomic E-state index is 0.298. The van der Waals surface area contributed by atoms with Crippen molar-refractivity contribution in [1.82, 2.24) is 9.88 Å². The number of nitrogens with zero attached hydrogens (tertiary/aromatic N) is 3. The summed E-state index contributed by atoms with van der Waals surface area (Å²) in [5, 5.41) is 8.33. The molecule has 1 N–H and O–H groups in total. The van der Waals surface area contributed by atoms with Gasteiger partial charge < -0.3 is 14.3 Å². The van der Waals surface area contributed by atoms with E-state index in [1.165, 1.54) is 55.3 Å². The predicted octanol–water partition coefficient (Wildman–Crippen LogP) is 12.4. The Morgan fingerprint density at radius 2 is 1.09 bits per heavy atom. The second-order valence-electron chi connectivity index (χ2n) is 14.9. The molecule has 268 valence electrons. The fraction of sp³-hybridized carbons (Fsp3) is 0.0385. The molecule has 2 aliphatic rings. The molecule has 5 nitrogen and oxygen atoms in total. The average molecular weight is 731 g/mol. The molecular formula is C52H34N4O. The van der Waals surface area contributed by atoms with Crippen molar-refractivity contribution in [3.8, 4) is 27.9 Å². The van der Waals surface area contributed by atoms with E-state index < -0.39 is 0 Å². The number of hydrogen-bond acceptors (Lipinski definition) is 4. The number of benzene rings is 8. The van der Waals surface area contributed by atoms with Crippen LogP contribution in [0.1, 0.15) is 34.0 Å². The lowest BCUT2D eigenvalue weighted by Crippen LogP contribution is -2.33. The molecule has 12 rings (SSSR count).